The van der Waals surface area contributed by atoms with Crippen LogP contribution < -0.4 is 4.74 Å². The van der Waals surface area contributed by atoms with Crippen LogP contribution in [0.5, 0.6) is 5.75 Å². The zero-order chi connectivity index (χ0) is 28.7. The van der Waals surface area contributed by atoms with Gasteiger partial charge in [0, 0.05) is 6.92 Å². The monoisotopic (exact) mass is 548 g/mol. The summed E-state index contributed by atoms with van der Waals surface area (Å²) in [6.45, 7) is 14.2. The van der Waals surface area contributed by atoms with Crippen molar-refractivity contribution in [1.29, 1.82) is 0 Å². The van der Waals surface area contributed by atoms with Gasteiger partial charge in [-0.1, -0.05) is 72.1 Å². The first kappa shape index (κ1) is 29.7. The minimum absolute atomic E-state index is 0.0920. The van der Waals surface area contributed by atoms with Gasteiger partial charge in [-0.05, 0) is 127 Å². The van der Waals surface area contributed by atoms with Gasteiger partial charge in [-0.15, -0.1) is 0 Å². The quantitative estimate of drug-likeness (QED) is 0.303. The van der Waals surface area contributed by atoms with E-state index in [9.17, 15) is 4.79 Å². The highest BCUT2D eigenvalue weighted by atomic mass is 16.5. The number of hydrogen-bond acceptors (Lipinski definition) is 3. The van der Waals surface area contributed by atoms with Gasteiger partial charge in [0.15, 0.2) is 0 Å². The number of methoxy groups -OCH3 is 1. The Hall–Kier alpha value is -1.77. The van der Waals surface area contributed by atoms with E-state index in [1.54, 1.807) is 14.0 Å². The van der Waals surface area contributed by atoms with Crippen molar-refractivity contribution in [2.24, 2.45) is 52.3 Å². The summed E-state index contributed by atoms with van der Waals surface area (Å²) in [5.41, 5.74) is 3.30. The van der Waals surface area contributed by atoms with Gasteiger partial charge in [0.05, 0.1) is 7.11 Å². The minimum atomic E-state index is -0.157. The molecule has 40 heavy (non-hydrogen) atoms. The smallest absolute Gasteiger partial charge is 0.303 e. The molecule has 7 unspecified atom stereocenters. The lowest BCUT2D eigenvalue weighted by Crippen LogP contribution is -2.54. The topological polar surface area (TPSA) is 35.5 Å². The van der Waals surface area contributed by atoms with E-state index < -0.39 is 0 Å². The first-order chi connectivity index (χ1) is 19.0. The van der Waals surface area contributed by atoms with E-state index in [-0.39, 0.29) is 12.1 Å². The number of carbonyl (C=O) groups excluding carboxylic acids is 1. The SMILES string of the molecule is COc1ccc(/C=C2/CC3(C)C4CCC5(C)C(CCC5[C@H](C)CCCC(C)C)C4CC[C@H]3CC2OC(C)=O)cc1. The van der Waals surface area contributed by atoms with Crippen molar-refractivity contribution >= 4 is 12.0 Å². The fourth-order valence-electron chi connectivity index (χ4n) is 10.6. The summed E-state index contributed by atoms with van der Waals surface area (Å²) >= 11 is 0. The Morgan fingerprint density at radius 3 is 2.38 bits per heavy atom. The maximum absolute atomic E-state index is 12.1. The van der Waals surface area contributed by atoms with Crippen LogP contribution in [0.1, 0.15) is 118 Å². The maximum atomic E-state index is 12.1. The van der Waals surface area contributed by atoms with Gasteiger partial charge in [0.25, 0.3) is 0 Å². The van der Waals surface area contributed by atoms with Gasteiger partial charge in [0.1, 0.15) is 11.9 Å². The van der Waals surface area contributed by atoms with Gasteiger partial charge >= 0.3 is 5.97 Å². The Morgan fingerprint density at radius 1 is 0.975 bits per heavy atom. The van der Waals surface area contributed by atoms with Gasteiger partial charge in [-0.3, -0.25) is 4.79 Å². The van der Waals surface area contributed by atoms with Crippen molar-refractivity contribution in [3.63, 3.8) is 0 Å². The van der Waals surface area contributed by atoms with Crippen LogP contribution in [0.15, 0.2) is 29.8 Å². The molecule has 0 amide bonds. The zero-order valence-electron chi connectivity index (χ0n) is 26.5. The Bertz CT molecular complexity index is 1060. The lowest BCUT2D eigenvalue weighted by atomic mass is 9.44. The Labute approximate surface area is 244 Å². The fraction of sp³-hybridized carbons (Fsp3) is 0.757. The van der Waals surface area contributed by atoms with E-state index >= 15 is 0 Å². The zero-order valence-corrected chi connectivity index (χ0v) is 26.5. The van der Waals surface area contributed by atoms with Crippen molar-refractivity contribution in [3.05, 3.63) is 35.4 Å². The summed E-state index contributed by atoms with van der Waals surface area (Å²) in [5.74, 6) is 6.48. The molecule has 0 N–H and O–H groups in total. The molecule has 0 heterocycles. The van der Waals surface area contributed by atoms with Gasteiger partial charge in [0.2, 0.25) is 0 Å². The molecule has 222 valence electrons. The third kappa shape index (κ3) is 5.65. The van der Waals surface area contributed by atoms with Gasteiger partial charge in [-0.25, -0.2) is 0 Å². The van der Waals surface area contributed by atoms with Crippen molar-refractivity contribution in [1.82, 2.24) is 0 Å². The number of fused-ring (bicyclic) bond motifs is 5. The van der Waals surface area contributed by atoms with Crippen LogP contribution in [-0.4, -0.2) is 19.2 Å². The molecule has 5 rings (SSSR count). The van der Waals surface area contributed by atoms with Crippen LogP contribution >= 0.6 is 0 Å². The van der Waals surface area contributed by atoms with Crippen LogP contribution in [-0.2, 0) is 9.53 Å². The number of rotatable bonds is 8. The average Bonchev–Trinajstić information content (AvgIpc) is 3.26. The molecule has 1 aromatic carbocycles. The summed E-state index contributed by atoms with van der Waals surface area (Å²) in [7, 11) is 1.71. The molecular weight excluding hydrogens is 492 g/mol. The molecule has 4 fully saturated rings. The number of esters is 1. The Morgan fingerprint density at radius 2 is 1.70 bits per heavy atom. The molecule has 9 atom stereocenters. The van der Waals surface area contributed by atoms with Crippen molar-refractivity contribution in [2.75, 3.05) is 7.11 Å². The highest BCUT2D eigenvalue weighted by molar-refractivity contribution is 5.67. The van der Waals surface area contributed by atoms with E-state index in [1.807, 2.05) is 12.1 Å². The lowest BCUT2D eigenvalue weighted by Gasteiger charge is -2.61. The molecule has 0 aliphatic heterocycles. The van der Waals surface area contributed by atoms with Gasteiger partial charge < -0.3 is 9.47 Å². The van der Waals surface area contributed by atoms with Crippen LogP contribution in [0.2, 0.25) is 0 Å². The number of hydrogen-bond donors (Lipinski definition) is 0. The third-order valence-electron chi connectivity index (χ3n) is 12.5. The largest absolute Gasteiger partial charge is 0.497 e. The third-order valence-corrected chi connectivity index (χ3v) is 12.5. The van der Waals surface area contributed by atoms with Crippen LogP contribution in [0, 0.1) is 52.3 Å². The molecule has 1 aromatic rings. The first-order valence-electron chi connectivity index (χ1n) is 16.6. The van der Waals surface area contributed by atoms with E-state index in [1.165, 1.54) is 68.9 Å². The minimum Gasteiger partial charge on any atom is -0.497 e. The molecule has 0 bridgehead atoms. The molecule has 4 saturated carbocycles. The second-order valence-corrected chi connectivity index (χ2v) is 15.2. The van der Waals surface area contributed by atoms with E-state index in [2.05, 4.69) is 52.8 Å². The van der Waals surface area contributed by atoms with Crippen molar-refractivity contribution in [2.45, 2.75) is 118 Å². The summed E-state index contributed by atoms with van der Waals surface area (Å²) in [6.07, 6.45) is 16.8. The van der Waals surface area contributed by atoms with Crippen LogP contribution in [0.4, 0.5) is 0 Å². The summed E-state index contributed by atoms with van der Waals surface area (Å²) < 4.78 is 11.4. The summed E-state index contributed by atoms with van der Waals surface area (Å²) in [5, 5.41) is 0. The summed E-state index contributed by atoms with van der Waals surface area (Å²) in [6, 6.07) is 8.31. The Balaban J connectivity index is 1.36. The van der Waals surface area contributed by atoms with E-state index in [0.29, 0.717) is 16.7 Å². The maximum Gasteiger partial charge on any atom is 0.303 e. The Kier molecular flexibility index (Phi) is 8.80. The molecule has 0 aromatic heterocycles. The number of benzene rings is 1. The second kappa shape index (κ2) is 11.8. The van der Waals surface area contributed by atoms with E-state index in [0.717, 1.165) is 54.1 Å². The normalized spacial score (nSPS) is 38.9. The highest BCUT2D eigenvalue weighted by Gasteiger charge is 2.61. The number of carbonyl (C=O) groups is 1. The molecule has 3 nitrogen and oxygen atoms in total. The molecule has 0 radical (unpaired) electrons. The van der Waals surface area contributed by atoms with Gasteiger partial charge in [-0.2, -0.15) is 0 Å². The standard InChI is InChI=1S/C37H56O3/c1-24(2)9-8-10-25(3)32-17-18-33-31-16-13-29-22-35(40-26(4)38)28(21-27-11-14-30(39-7)15-12-27)23-37(29,6)34(31)19-20-36(32,33)5/h11-12,14-15,21,24-25,29,31-35H,8-10,13,16-20,22-23H2,1-7H3/b28-21-/t25-,29+,31?,32?,33?,34?,35?,36?,37?/m1/s1. The molecule has 4 aliphatic rings. The number of ether oxygens (including phenoxy) is 2. The van der Waals surface area contributed by atoms with Crippen LogP contribution in [0.25, 0.3) is 6.08 Å². The van der Waals surface area contributed by atoms with Crippen molar-refractivity contribution in [3.8, 4) is 5.75 Å². The van der Waals surface area contributed by atoms with E-state index in [4.69, 9.17) is 9.47 Å². The molecule has 3 heteroatoms. The molecular formula is C37H56O3. The second-order valence-electron chi connectivity index (χ2n) is 15.2. The predicted molar refractivity (Wildman–Crippen MR) is 165 cm³/mol. The predicted octanol–water partition coefficient (Wildman–Crippen LogP) is 9.74. The first-order valence-corrected chi connectivity index (χ1v) is 16.6. The summed E-state index contributed by atoms with van der Waals surface area (Å²) in [4.78, 5) is 12.1. The molecule has 0 spiro atoms. The molecule has 4 aliphatic carbocycles. The van der Waals surface area contributed by atoms with Crippen LogP contribution in [0.3, 0.4) is 0 Å². The fourth-order valence-corrected chi connectivity index (χ4v) is 10.6. The van der Waals surface area contributed by atoms with Crippen molar-refractivity contribution < 1.29 is 14.3 Å². The lowest BCUT2D eigenvalue weighted by molar-refractivity contribution is -0.153. The highest BCUT2D eigenvalue weighted by Crippen LogP contribution is 2.69. The molecule has 0 saturated heterocycles. The average molecular weight is 549 g/mol.